The van der Waals surface area contributed by atoms with Crippen LogP contribution in [0.5, 0.6) is 0 Å². The molecule has 2 aromatic carbocycles. The molecule has 2 atom stereocenters. The molecule has 2 amide bonds. The van der Waals surface area contributed by atoms with Crippen LogP contribution in [-0.4, -0.2) is 99.3 Å². The second kappa shape index (κ2) is 16.1. The smallest absolute Gasteiger partial charge is 0.374 e. The summed E-state index contributed by atoms with van der Waals surface area (Å²) in [5.74, 6) is -6.22. The average Bonchev–Trinajstić information content (AvgIpc) is 3.86. The van der Waals surface area contributed by atoms with E-state index < -0.39 is 59.4 Å². The van der Waals surface area contributed by atoms with Crippen LogP contribution in [0.1, 0.15) is 100 Å². The number of fused-ring (bicyclic) bond motifs is 2. The van der Waals surface area contributed by atoms with Crippen molar-refractivity contribution in [1.29, 1.82) is 0 Å². The van der Waals surface area contributed by atoms with Gasteiger partial charge < -0.3 is 30.3 Å². The van der Waals surface area contributed by atoms with Crippen molar-refractivity contribution in [3.63, 3.8) is 0 Å². The predicted molar refractivity (Wildman–Crippen MR) is 183 cm³/mol. The molecule has 4 aromatic heterocycles. The molecule has 6 rings (SSSR count). The van der Waals surface area contributed by atoms with Crippen molar-refractivity contribution >= 4 is 47.0 Å². The largest absolute Gasteiger partial charge is 0.475 e. The maximum absolute atomic E-state index is 12.6. The van der Waals surface area contributed by atoms with Gasteiger partial charge in [-0.25, -0.2) is 29.1 Å². The molecule has 4 heterocycles. The van der Waals surface area contributed by atoms with Gasteiger partial charge in [0.05, 0.1) is 49.8 Å². The van der Waals surface area contributed by atoms with Gasteiger partial charge in [0, 0.05) is 12.1 Å². The zero-order valence-electron chi connectivity index (χ0n) is 28.8. The predicted octanol–water partition coefficient (Wildman–Crippen LogP) is 2.20. The molecule has 0 aliphatic heterocycles. The Hall–Kier alpha value is -7.64. The summed E-state index contributed by atoms with van der Waals surface area (Å²) in [5, 5.41) is 31.5. The molecular formula is C34H30N10O10. The first-order chi connectivity index (χ1) is 25.8. The quantitative estimate of drug-likeness (QED) is 0.147. The first-order valence-electron chi connectivity index (χ1n) is 15.7. The number of carboxylic acid groups (broad SMARTS) is 2. The standard InChI is InChI=1S/2C17H15N5O5/c1-9(10-3-5-11(6-4-10)17(26)27-2)19-15(23)14-21-13(16(24)25)20-12-7-8-18-22(12)14;1-9(10-3-5-11(6-4-10)17(26)27-2)19-15(23)13-20-12-7-8-18-22(12)14(21-13)16(24)25/h2*3-9H,1-2H3,(H,19,23)(H,24,25)/t2*9-/m11/s1. The van der Waals surface area contributed by atoms with Gasteiger partial charge in [-0.2, -0.15) is 29.2 Å². The van der Waals surface area contributed by atoms with Crippen LogP contribution in [0, 0.1) is 0 Å². The van der Waals surface area contributed by atoms with Gasteiger partial charge in [0.2, 0.25) is 23.3 Å². The fourth-order valence-corrected chi connectivity index (χ4v) is 4.87. The summed E-state index contributed by atoms with van der Waals surface area (Å²) in [6.45, 7) is 3.48. The van der Waals surface area contributed by atoms with E-state index in [0.29, 0.717) is 11.1 Å². The second-order valence-corrected chi connectivity index (χ2v) is 11.2. The topological polar surface area (TPSA) is 272 Å². The van der Waals surface area contributed by atoms with Crippen molar-refractivity contribution in [3.05, 3.63) is 119 Å². The molecule has 4 N–H and O–H groups in total. The van der Waals surface area contributed by atoms with Crippen LogP contribution < -0.4 is 10.6 Å². The number of benzene rings is 2. The van der Waals surface area contributed by atoms with Gasteiger partial charge in [-0.3, -0.25) is 9.59 Å². The molecule has 54 heavy (non-hydrogen) atoms. The van der Waals surface area contributed by atoms with Crippen LogP contribution in [-0.2, 0) is 9.47 Å². The van der Waals surface area contributed by atoms with Gasteiger partial charge in [0.15, 0.2) is 11.3 Å². The SMILES string of the molecule is COC(=O)c1ccc([C@@H](C)NC(=O)c2nc(C(=O)O)n3nccc3n2)cc1.COC(=O)c1ccc([C@@H](C)NC(=O)c2nc(C(=O)O)nc3ccnn23)cc1. The molecule has 0 aliphatic rings. The maximum Gasteiger partial charge on any atom is 0.374 e. The minimum absolute atomic E-state index is 0.194. The van der Waals surface area contributed by atoms with Crippen LogP contribution >= 0.6 is 0 Å². The number of ether oxygens (including phenoxy) is 2. The van der Waals surface area contributed by atoms with Gasteiger partial charge in [-0.05, 0) is 49.2 Å². The molecule has 0 radical (unpaired) electrons. The second-order valence-electron chi connectivity index (χ2n) is 11.2. The van der Waals surface area contributed by atoms with Gasteiger partial charge in [0.25, 0.3) is 11.8 Å². The van der Waals surface area contributed by atoms with Crippen molar-refractivity contribution in [2.24, 2.45) is 0 Å². The van der Waals surface area contributed by atoms with Crippen LogP contribution in [0.4, 0.5) is 0 Å². The van der Waals surface area contributed by atoms with E-state index >= 15 is 0 Å². The molecule has 6 aromatic rings. The number of carbonyl (C=O) groups is 6. The number of nitrogens with one attached hydrogen (secondary N) is 2. The summed E-state index contributed by atoms with van der Waals surface area (Å²) in [6.07, 6.45) is 2.75. The fourth-order valence-electron chi connectivity index (χ4n) is 4.87. The van der Waals surface area contributed by atoms with Crippen molar-refractivity contribution in [2.45, 2.75) is 25.9 Å². The molecule has 0 fully saturated rings. The van der Waals surface area contributed by atoms with E-state index in [1.807, 2.05) is 0 Å². The van der Waals surface area contributed by atoms with E-state index in [0.717, 1.165) is 20.2 Å². The Kier molecular flexibility index (Phi) is 11.2. The summed E-state index contributed by atoms with van der Waals surface area (Å²) >= 11 is 0. The maximum atomic E-state index is 12.6. The van der Waals surface area contributed by atoms with E-state index in [2.05, 4.69) is 50.2 Å². The van der Waals surface area contributed by atoms with Crippen molar-refractivity contribution in [3.8, 4) is 0 Å². The Morgan fingerprint density at radius 1 is 0.574 bits per heavy atom. The number of amides is 2. The van der Waals surface area contributed by atoms with E-state index in [1.54, 1.807) is 62.4 Å². The first-order valence-corrected chi connectivity index (χ1v) is 15.7. The van der Waals surface area contributed by atoms with Gasteiger partial charge in [-0.1, -0.05) is 24.3 Å². The Morgan fingerprint density at radius 3 is 1.44 bits per heavy atom. The number of carboxylic acids is 2. The van der Waals surface area contributed by atoms with Crippen molar-refractivity contribution in [2.75, 3.05) is 14.2 Å². The molecule has 0 spiro atoms. The highest BCUT2D eigenvalue weighted by molar-refractivity contribution is 5.94. The number of methoxy groups -OCH3 is 2. The number of hydrogen-bond acceptors (Lipinski definition) is 14. The minimum atomic E-state index is -1.35. The normalized spacial score (nSPS) is 11.8. The molecular weight excluding hydrogens is 708 g/mol. The molecule has 20 heteroatoms. The van der Waals surface area contributed by atoms with E-state index in [1.165, 1.54) is 38.7 Å². The molecule has 0 saturated carbocycles. The Morgan fingerprint density at radius 2 is 1.00 bits per heavy atom. The highest BCUT2D eigenvalue weighted by Crippen LogP contribution is 2.17. The zero-order chi connectivity index (χ0) is 39.1. The van der Waals surface area contributed by atoms with E-state index in [4.69, 9.17) is 5.11 Å². The molecule has 0 aliphatic carbocycles. The Bertz CT molecular complexity index is 2390. The van der Waals surface area contributed by atoms with Gasteiger partial charge >= 0.3 is 23.9 Å². The monoisotopic (exact) mass is 738 g/mol. The summed E-state index contributed by atoms with van der Waals surface area (Å²) in [5.41, 5.74) is 2.64. The van der Waals surface area contributed by atoms with Gasteiger partial charge in [-0.15, -0.1) is 0 Å². The minimum Gasteiger partial charge on any atom is -0.475 e. The summed E-state index contributed by atoms with van der Waals surface area (Å²) in [4.78, 5) is 85.9. The molecule has 0 unspecified atom stereocenters. The number of aromatic carboxylic acids is 2. The zero-order valence-corrected chi connectivity index (χ0v) is 28.8. The lowest BCUT2D eigenvalue weighted by atomic mass is 10.1. The van der Waals surface area contributed by atoms with Crippen LogP contribution in [0.2, 0.25) is 0 Å². The lowest BCUT2D eigenvalue weighted by Crippen LogP contribution is -2.30. The highest BCUT2D eigenvalue weighted by atomic mass is 16.5. The molecule has 0 saturated heterocycles. The number of rotatable bonds is 10. The van der Waals surface area contributed by atoms with Crippen molar-refractivity contribution < 1.29 is 48.5 Å². The summed E-state index contributed by atoms with van der Waals surface area (Å²) in [7, 11) is 2.59. The Labute approximate surface area is 303 Å². The molecule has 20 nitrogen and oxygen atoms in total. The third-order valence-electron chi connectivity index (χ3n) is 7.66. The molecule has 276 valence electrons. The van der Waals surface area contributed by atoms with Crippen LogP contribution in [0.25, 0.3) is 11.3 Å². The van der Waals surface area contributed by atoms with Crippen molar-refractivity contribution in [1.82, 2.24) is 49.8 Å². The summed E-state index contributed by atoms with van der Waals surface area (Å²) in [6, 6.07) is 15.2. The summed E-state index contributed by atoms with van der Waals surface area (Å²) < 4.78 is 11.5. The number of aromatic nitrogens is 8. The van der Waals surface area contributed by atoms with Gasteiger partial charge in [0.1, 0.15) is 0 Å². The molecule has 0 bridgehead atoms. The number of esters is 2. The van der Waals surface area contributed by atoms with Crippen LogP contribution in [0.15, 0.2) is 73.1 Å². The number of hydrogen-bond donors (Lipinski definition) is 4. The first kappa shape index (κ1) is 37.6. The van der Waals surface area contributed by atoms with E-state index in [-0.39, 0.29) is 22.9 Å². The lowest BCUT2D eigenvalue weighted by Gasteiger charge is -2.15. The average molecular weight is 739 g/mol. The number of nitrogens with zero attached hydrogens (tertiary/aromatic N) is 8. The third-order valence-corrected chi connectivity index (χ3v) is 7.66. The van der Waals surface area contributed by atoms with E-state index in [9.17, 15) is 33.9 Å². The number of carbonyl (C=O) groups excluding carboxylic acids is 4. The third kappa shape index (κ3) is 8.28. The highest BCUT2D eigenvalue weighted by Gasteiger charge is 2.22. The lowest BCUT2D eigenvalue weighted by molar-refractivity contribution is 0.0592. The Balaban J connectivity index is 0.000000208. The van der Waals surface area contributed by atoms with Crippen LogP contribution in [0.3, 0.4) is 0 Å². The fraction of sp³-hybridized carbons (Fsp3) is 0.176.